The van der Waals surface area contributed by atoms with Gasteiger partial charge in [0, 0.05) is 17.7 Å². The molecule has 3 N–H and O–H groups in total. The third-order valence-electron chi connectivity index (χ3n) is 2.47. The molecular formula is C11H12BrN5O. The molecule has 0 spiro atoms. The van der Waals surface area contributed by atoms with Gasteiger partial charge in [-0.25, -0.2) is 4.98 Å². The van der Waals surface area contributed by atoms with E-state index >= 15 is 0 Å². The Kier molecular flexibility index (Phi) is 3.33. The van der Waals surface area contributed by atoms with Gasteiger partial charge in [-0.2, -0.15) is 5.10 Å². The van der Waals surface area contributed by atoms with E-state index in [1.807, 2.05) is 6.92 Å². The smallest absolute Gasteiger partial charge is 0.277 e. The highest BCUT2D eigenvalue weighted by atomic mass is 79.9. The van der Waals surface area contributed by atoms with E-state index in [-0.39, 0.29) is 5.91 Å². The first kappa shape index (κ1) is 12.6. The molecule has 0 bridgehead atoms. The van der Waals surface area contributed by atoms with Gasteiger partial charge in [0.1, 0.15) is 11.5 Å². The van der Waals surface area contributed by atoms with Gasteiger partial charge in [-0.15, -0.1) is 0 Å². The van der Waals surface area contributed by atoms with Crippen LogP contribution in [0.1, 0.15) is 16.1 Å². The first-order chi connectivity index (χ1) is 8.49. The lowest BCUT2D eigenvalue weighted by Gasteiger charge is -2.07. The number of pyridine rings is 1. The number of nitrogens with two attached hydrogens (primary N) is 1. The Hall–Kier alpha value is -1.89. The van der Waals surface area contributed by atoms with Crippen molar-refractivity contribution < 1.29 is 4.79 Å². The number of anilines is 2. The molecule has 2 heterocycles. The minimum atomic E-state index is -0.332. The number of nitrogens with zero attached hydrogens (tertiary/aromatic N) is 3. The van der Waals surface area contributed by atoms with Gasteiger partial charge < -0.3 is 11.1 Å². The standard InChI is InChI=1S/C11H12BrN5O/c1-6-3-9(14-4-7(6)12)16-11(18)10-8(13)5-15-17(10)2/h3-5H,13H2,1-2H3,(H,14,16,18). The molecule has 7 heteroatoms. The van der Waals surface area contributed by atoms with Crippen molar-refractivity contribution in [3.05, 3.63) is 34.2 Å². The lowest BCUT2D eigenvalue weighted by Crippen LogP contribution is -2.18. The molecule has 0 aromatic carbocycles. The van der Waals surface area contributed by atoms with Crippen LogP contribution in [0.4, 0.5) is 11.5 Å². The van der Waals surface area contributed by atoms with Crippen LogP contribution in [0.2, 0.25) is 0 Å². The van der Waals surface area contributed by atoms with Crippen LogP contribution in [0.25, 0.3) is 0 Å². The number of nitrogen functional groups attached to an aromatic ring is 1. The van der Waals surface area contributed by atoms with E-state index in [0.29, 0.717) is 17.2 Å². The van der Waals surface area contributed by atoms with Crippen molar-refractivity contribution in [1.82, 2.24) is 14.8 Å². The zero-order valence-electron chi connectivity index (χ0n) is 9.94. The predicted molar refractivity (Wildman–Crippen MR) is 72.2 cm³/mol. The molecule has 1 amide bonds. The zero-order valence-corrected chi connectivity index (χ0v) is 11.5. The van der Waals surface area contributed by atoms with Crippen LogP contribution in [-0.2, 0) is 7.05 Å². The van der Waals surface area contributed by atoms with Gasteiger partial charge in [0.15, 0.2) is 0 Å². The summed E-state index contributed by atoms with van der Waals surface area (Å²) in [6.07, 6.45) is 3.08. The molecule has 6 nitrogen and oxygen atoms in total. The molecule has 0 saturated carbocycles. The molecule has 94 valence electrons. The molecule has 0 atom stereocenters. The van der Waals surface area contributed by atoms with Crippen LogP contribution in [0.15, 0.2) is 22.9 Å². The topological polar surface area (TPSA) is 85.8 Å². The Morgan fingerprint density at radius 1 is 1.50 bits per heavy atom. The van der Waals surface area contributed by atoms with Crippen molar-refractivity contribution in [2.24, 2.45) is 7.05 Å². The van der Waals surface area contributed by atoms with E-state index < -0.39 is 0 Å². The quantitative estimate of drug-likeness (QED) is 0.884. The van der Waals surface area contributed by atoms with E-state index in [2.05, 4.69) is 31.3 Å². The lowest BCUT2D eigenvalue weighted by molar-refractivity contribution is 0.101. The summed E-state index contributed by atoms with van der Waals surface area (Å²) in [5.74, 6) is 0.142. The molecule has 0 radical (unpaired) electrons. The summed E-state index contributed by atoms with van der Waals surface area (Å²) in [4.78, 5) is 16.1. The van der Waals surface area contributed by atoms with Crippen LogP contribution < -0.4 is 11.1 Å². The third kappa shape index (κ3) is 2.35. The first-order valence-electron chi connectivity index (χ1n) is 5.20. The number of aryl methyl sites for hydroxylation is 2. The fourth-order valence-corrected chi connectivity index (χ4v) is 1.73. The van der Waals surface area contributed by atoms with E-state index in [0.717, 1.165) is 10.0 Å². The summed E-state index contributed by atoms with van der Waals surface area (Å²) in [6.45, 7) is 1.92. The maximum Gasteiger partial charge on any atom is 0.277 e. The summed E-state index contributed by atoms with van der Waals surface area (Å²) < 4.78 is 2.32. The molecule has 0 unspecified atom stereocenters. The maximum atomic E-state index is 12.0. The minimum absolute atomic E-state index is 0.317. The fraction of sp³-hybridized carbons (Fsp3) is 0.182. The van der Waals surface area contributed by atoms with Gasteiger partial charge in [0.2, 0.25) is 0 Å². The number of nitrogens with one attached hydrogen (secondary N) is 1. The minimum Gasteiger partial charge on any atom is -0.396 e. The number of carbonyl (C=O) groups excluding carboxylic acids is 1. The largest absolute Gasteiger partial charge is 0.396 e. The average Bonchev–Trinajstić information content (AvgIpc) is 2.64. The van der Waals surface area contributed by atoms with Crippen molar-refractivity contribution in [2.45, 2.75) is 6.92 Å². The average molecular weight is 310 g/mol. The Bertz CT molecular complexity index is 588. The highest BCUT2D eigenvalue weighted by Crippen LogP contribution is 2.18. The van der Waals surface area contributed by atoms with Crippen molar-refractivity contribution in [3.8, 4) is 0 Å². The Morgan fingerprint density at radius 2 is 2.22 bits per heavy atom. The number of aromatic nitrogens is 3. The molecule has 0 aliphatic heterocycles. The van der Waals surface area contributed by atoms with Gasteiger partial charge in [0.05, 0.1) is 11.9 Å². The highest BCUT2D eigenvalue weighted by Gasteiger charge is 2.15. The number of rotatable bonds is 2. The molecule has 2 aromatic rings. The van der Waals surface area contributed by atoms with Crippen molar-refractivity contribution >= 4 is 33.3 Å². The molecule has 2 aromatic heterocycles. The van der Waals surface area contributed by atoms with Gasteiger partial charge in [0.25, 0.3) is 5.91 Å². The number of halogens is 1. The van der Waals surface area contributed by atoms with Crippen molar-refractivity contribution in [3.63, 3.8) is 0 Å². The zero-order chi connectivity index (χ0) is 13.3. The fourth-order valence-electron chi connectivity index (χ4n) is 1.52. The summed E-state index contributed by atoms with van der Waals surface area (Å²) in [5.41, 5.74) is 7.32. The predicted octanol–water partition coefficient (Wildman–Crippen LogP) is 1.72. The second-order valence-electron chi connectivity index (χ2n) is 3.84. The normalized spacial score (nSPS) is 10.4. The highest BCUT2D eigenvalue weighted by molar-refractivity contribution is 9.10. The monoisotopic (exact) mass is 309 g/mol. The van der Waals surface area contributed by atoms with Crippen molar-refractivity contribution in [1.29, 1.82) is 0 Å². The summed E-state index contributed by atoms with van der Waals surface area (Å²) in [7, 11) is 1.66. The van der Waals surface area contributed by atoms with Crippen molar-refractivity contribution in [2.75, 3.05) is 11.1 Å². The summed E-state index contributed by atoms with van der Waals surface area (Å²) in [6, 6.07) is 1.77. The van der Waals surface area contributed by atoms with E-state index in [9.17, 15) is 4.79 Å². The summed E-state index contributed by atoms with van der Waals surface area (Å²) in [5, 5.41) is 6.60. The number of carbonyl (C=O) groups is 1. The summed E-state index contributed by atoms with van der Waals surface area (Å²) >= 11 is 3.35. The molecular weight excluding hydrogens is 298 g/mol. The van der Waals surface area contributed by atoms with Gasteiger partial charge in [-0.05, 0) is 34.5 Å². The van der Waals surface area contributed by atoms with Crippen LogP contribution >= 0.6 is 15.9 Å². The molecule has 0 aliphatic rings. The molecule has 2 rings (SSSR count). The van der Waals surface area contributed by atoms with Crippen LogP contribution in [0.3, 0.4) is 0 Å². The van der Waals surface area contributed by atoms with Crippen LogP contribution in [0.5, 0.6) is 0 Å². The van der Waals surface area contributed by atoms with E-state index in [1.165, 1.54) is 10.9 Å². The molecule has 18 heavy (non-hydrogen) atoms. The first-order valence-corrected chi connectivity index (χ1v) is 5.99. The lowest BCUT2D eigenvalue weighted by atomic mass is 10.3. The van der Waals surface area contributed by atoms with Gasteiger partial charge in [-0.3, -0.25) is 9.48 Å². The Balaban J connectivity index is 2.24. The molecule has 0 saturated heterocycles. The second kappa shape index (κ2) is 4.77. The van der Waals surface area contributed by atoms with Crippen LogP contribution in [0, 0.1) is 6.92 Å². The Morgan fingerprint density at radius 3 is 2.78 bits per heavy atom. The number of amides is 1. The molecule has 0 aliphatic carbocycles. The second-order valence-corrected chi connectivity index (χ2v) is 4.70. The maximum absolute atomic E-state index is 12.0. The van der Waals surface area contributed by atoms with E-state index in [1.54, 1.807) is 19.3 Å². The SMILES string of the molecule is Cc1cc(NC(=O)c2c(N)cnn2C)ncc1Br. The Labute approximate surface area is 112 Å². The third-order valence-corrected chi connectivity index (χ3v) is 3.30. The van der Waals surface area contributed by atoms with E-state index in [4.69, 9.17) is 5.73 Å². The van der Waals surface area contributed by atoms with Gasteiger partial charge >= 0.3 is 0 Å². The number of hydrogen-bond donors (Lipinski definition) is 2. The van der Waals surface area contributed by atoms with Crippen LogP contribution in [-0.4, -0.2) is 20.7 Å². The number of hydrogen-bond acceptors (Lipinski definition) is 4. The van der Waals surface area contributed by atoms with Gasteiger partial charge in [-0.1, -0.05) is 0 Å². The molecule has 0 fully saturated rings.